The lowest BCUT2D eigenvalue weighted by molar-refractivity contribution is -0.153. The number of nitrogens with zero attached hydrogens (tertiary/aromatic N) is 4. The number of aliphatic hydroxyl groups excluding tert-OH is 2. The molecule has 0 aliphatic heterocycles. The van der Waals surface area contributed by atoms with Crippen LogP contribution >= 0.6 is 0 Å². The van der Waals surface area contributed by atoms with E-state index in [1.165, 1.54) is 23.0 Å². The summed E-state index contributed by atoms with van der Waals surface area (Å²) in [5, 5.41) is 32.6. The van der Waals surface area contributed by atoms with E-state index in [1.807, 2.05) is 0 Å². The maximum atomic E-state index is 13.2. The van der Waals surface area contributed by atoms with E-state index in [0.717, 1.165) is 12.4 Å². The molecule has 3 aromatic rings. The molecule has 0 radical (unpaired) electrons. The molecule has 4 unspecified atom stereocenters. The Bertz CT molecular complexity index is 1420. The van der Waals surface area contributed by atoms with Crippen molar-refractivity contribution in [3.63, 3.8) is 0 Å². The maximum Gasteiger partial charge on any atom is 0.449 e. The number of anilines is 1. The highest BCUT2D eigenvalue weighted by Gasteiger charge is 2.42. The van der Waals surface area contributed by atoms with Gasteiger partial charge in [-0.15, -0.1) is 0 Å². The van der Waals surface area contributed by atoms with Gasteiger partial charge in [0.15, 0.2) is 0 Å². The Hall–Kier alpha value is -3.38. The molecule has 3 aromatic heterocycles. The zero-order valence-corrected chi connectivity index (χ0v) is 20.5. The first-order valence-corrected chi connectivity index (χ1v) is 12.5. The molecule has 1 fully saturated rings. The van der Waals surface area contributed by atoms with Crippen LogP contribution in [0, 0.1) is 12.8 Å². The molecular weight excluding hydrogens is 537 g/mol. The Morgan fingerprint density at radius 2 is 2.05 bits per heavy atom. The minimum Gasteiger partial charge on any atom is -0.455 e. The van der Waals surface area contributed by atoms with Crippen molar-refractivity contribution in [1.82, 2.24) is 19.7 Å². The predicted molar refractivity (Wildman–Crippen MR) is 122 cm³/mol. The summed E-state index contributed by atoms with van der Waals surface area (Å²) in [5.74, 6) is -2.54. The number of aliphatic hydroxyl groups is 2. The van der Waals surface area contributed by atoms with Crippen molar-refractivity contribution in [2.24, 2.45) is 11.1 Å². The number of hydrogen-bond donors (Lipinski definition) is 4. The minimum absolute atomic E-state index is 0.0114. The van der Waals surface area contributed by atoms with Crippen molar-refractivity contribution in [1.29, 1.82) is 0 Å². The summed E-state index contributed by atoms with van der Waals surface area (Å²) in [7, 11) is -4.25. The molecule has 0 bridgehead atoms. The van der Waals surface area contributed by atoms with Gasteiger partial charge in [-0.2, -0.15) is 26.7 Å². The molecule has 3 heterocycles. The number of hydrogen-bond acceptors (Lipinski definition) is 11. The first kappa shape index (κ1) is 27.6. The molecule has 38 heavy (non-hydrogen) atoms. The van der Waals surface area contributed by atoms with Crippen LogP contribution in [-0.2, 0) is 27.2 Å². The fourth-order valence-corrected chi connectivity index (χ4v) is 4.45. The summed E-state index contributed by atoms with van der Waals surface area (Å²) in [4.78, 5) is 21.1. The van der Waals surface area contributed by atoms with Gasteiger partial charge in [-0.05, 0) is 31.5 Å². The first-order chi connectivity index (χ1) is 17.7. The maximum absolute atomic E-state index is 13.2. The summed E-state index contributed by atoms with van der Waals surface area (Å²) in [6.45, 7) is 0.999. The van der Waals surface area contributed by atoms with Crippen molar-refractivity contribution in [3.8, 4) is 0 Å². The Balaban J connectivity index is 1.50. The number of aromatic nitrogens is 4. The molecule has 1 aliphatic rings. The van der Waals surface area contributed by atoms with Crippen molar-refractivity contribution in [3.05, 3.63) is 59.2 Å². The fourth-order valence-electron chi connectivity index (χ4n) is 4.08. The van der Waals surface area contributed by atoms with E-state index in [-0.39, 0.29) is 35.8 Å². The number of ketones is 1. The van der Waals surface area contributed by atoms with Gasteiger partial charge in [-0.1, -0.05) is 0 Å². The molecule has 0 aromatic carbocycles. The first-order valence-electron chi connectivity index (χ1n) is 11.1. The van der Waals surface area contributed by atoms with Gasteiger partial charge in [0, 0.05) is 17.8 Å². The summed E-state index contributed by atoms with van der Waals surface area (Å²) in [6, 6.07) is 2.57. The molecule has 0 amide bonds. The molecule has 0 spiro atoms. The molecule has 0 saturated heterocycles. The van der Waals surface area contributed by atoms with E-state index in [4.69, 9.17) is 9.56 Å². The second kappa shape index (κ2) is 10.4. The number of aryl methyl sites for hydroxylation is 1. The average molecular weight is 561 g/mol. The molecule has 1 saturated carbocycles. The van der Waals surface area contributed by atoms with Crippen LogP contribution in [0.15, 0.2) is 35.1 Å². The number of carbonyl (C=O) groups is 1. The molecule has 4 atom stereocenters. The molecular formula is C21H23F3N6O7S. The fraction of sp³-hybridized carbons (Fsp3) is 0.429. The molecule has 17 heteroatoms. The van der Waals surface area contributed by atoms with E-state index >= 15 is 0 Å². The zero-order valence-electron chi connectivity index (χ0n) is 19.7. The summed E-state index contributed by atoms with van der Waals surface area (Å²) >= 11 is 0. The lowest BCUT2D eigenvalue weighted by Gasteiger charge is -2.19. The van der Waals surface area contributed by atoms with Gasteiger partial charge >= 0.3 is 16.5 Å². The highest BCUT2D eigenvalue weighted by Crippen LogP contribution is 2.32. The minimum atomic E-state index is -4.63. The molecule has 5 N–H and O–H groups in total. The Morgan fingerprint density at radius 3 is 2.71 bits per heavy atom. The predicted octanol–water partition coefficient (Wildman–Crippen LogP) is 0.615. The number of nitrogens with two attached hydrogens (primary N) is 1. The average Bonchev–Trinajstić information content (AvgIpc) is 3.52. The van der Waals surface area contributed by atoms with Crippen molar-refractivity contribution >= 4 is 21.9 Å². The largest absolute Gasteiger partial charge is 0.455 e. The number of alkyl halides is 3. The third kappa shape index (κ3) is 6.18. The third-order valence-corrected chi connectivity index (χ3v) is 6.45. The second-order valence-electron chi connectivity index (χ2n) is 8.71. The Labute approximate surface area is 213 Å². The van der Waals surface area contributed by atoms with Crippen LogP contribution in [0.3, 0.4) is 0 Å². The molecule has 4 rings (SSSR count). The summed E-state index contributed by atoms with van der Waals surface area (Å²) in [5.41, 5.74) is 0.395. The number of rotatable bonds is 9. The van der Waals surface area contributed by atoms with E-state index in [0.29, 0.717) is 5.69 Å². The van der Waals surface area contributed by atoms with Gasteiger partial charge in [-0.25, -0.2) is 15.1 Å². The van der Waals surface area contributed by atoms with Crippen LogP contribution in [0.2, 0.25) is 0 Å². The Morgan fingerprint density at radius 1 is 1.32 bits per heavy atom. The number of nitrogens with one attached hydrogen (secondary N) is 1. The van der Waals surface area contributed by atoms with Gasteiger partial charge < -0.3 is 19.9 Å². The number of furan rings is 1. The van der Waals surface area contributed by atoms with Gasteiger partial charge in [0.25, 0.3) is 0 Å². The van der Waals surface area contributed by atoms with Gasteiger partial charge in [0.2, 0.25) is 11.5 Å². The number of halogens is 3. The van der Waals surface area contributed by atoms with E-state index in [1.54, 1.807) is 6.92 Å². The molecule has 13 nitrogen and oxygen atoms in total. The molecule has 1 aliphatic carbocycles. The van der Waals surface area contributed by atoms with Gasteiger partial charge in [-0.3, -0.25) is 13.7 Å². The summed E-state index contributed by atoms with van der Waals surface area (Å²) < 4.78 is 71.2. The Kier molecular flexibility index (Phi) is 7.57. The quantitative estimate of drug-likeness (QED) is 0.268. The number of carbonyl (C=O) groups excluding carboxylic acids is 1. The van der Waals surface area contributed by atoms with Crippen LogP contribution in [-0.4, -0.2) is 69.0 Å². The van der Waals surface area contributed by atoms with Crippen LogP contribution in [0.25, 0.3) is 0 Å². The SMILES string of the molecule is Cc1cc(C(=O)c2cncnc2NC2CC(COS(N)(=O)=O)C(O)C2O)nn1Cc1ccc(C(F)(F)F)o1. The highest BCUT2D eigenvalue weighted by atomic mass is 32.2. The van der Waals surface area contributed by atoms with Crippen LogP contribution in [0.5, 0.6) is 0 Å². The summed E-state index contributed by atoms with van der Waals surface area (Å²) in [6.07, 6.45) is -4.89. The van der Waals surface area contributed by atoms with Crippen LogP contribution in [0.1, 0.15) is 39.7 Å². The van der Waals surface area contributed by atoms with Crippen molar-refractivity contribution in [2.45, 2.75) is 44.3 Å². The van der Waals surface area contributed by atoms with E-state index < -0.39 is 58.8 Å². The third-order valence-electron chi connectivity index (χ3n) is 5.99. The lowest BCUT2D eigenvalue weighted by Crippen LogP contribution is -2.36. The zero-order chi connectivity index (χ0) is 27.8. The van der Waals surface area contributed by atoms with E-state index in [2.05, 4.69) is 24.6 Å². The van der Waals surface area contributed by atoms with Gasteiger partial charge in [0.1, 0.15) is 29.7 Å². The van der Waals surface area contributed by atoms with Crippen molar-refractivity contribution in [2.75, 3.05) is 11.9 Å². The van der Waals surface area contributed by atoms with Gasteiger partial charge in [0.05, 0.1) is 30.9 Å². The van der Waals surface area contributed by atoms with Crippen LogP contribution < -0.4 is 10.5 Å². The lowest BCUT2D eigenvalue weighted by atomic mass is 10.1. The van der Waals surface area contributed by atoms with Crippen LogP contribution in [0.4, 0.5) is 19.0 Å². The smallest absolute Gasteiger partial charge is 0.449 e. The van der Waals surface area contributed by atoms with E-state index in [9.17, 15) is 36.6 Å². The van der Waals surface area contributed by atoms with Crippen molar-refractivity contribution < 1.29 is 45.2 Å². The normalized spacial score (nSPS) is 22.1. The molecule has 206 valence electrons. The second-order valence-corrected chi connectivity index (χ2v) is 9.93. The standard InChI is InChI=1S/C21H23F3N6O7S/c1-10-4-15(29-30(10)7-12-2-3-16(37-12)21(22,23)24)18(32)13-6-26-9-27-20(13)28-14-5-11(17(31)19(14)33)8-36-38(25,34)35/h2-4,6,9,11,14,17,19,31,33H,5,7-8H2,1H3,(H2,25,34,35)(H,26,27,28). The monoisotopic (exact) mass is 560 g/mol. The highest BCUT2D eigenvalue weighted by molar-refractivity contribution is 7.84. The topological polar surface area (TPSA) is 196 Å².